The molecule has 2 atom stereocenters. The Kier molecular flexibility index (Phi) is 5.40. The average Bonchev–Trinajstić information content (AvgIpc) is 2.70. The number of rotatable bonds is 3. The van der Waals surface area contributed by atoms with Crippen LogP contribution in [0.3, 0.4) is 0 Å². The van der Waals surface area contributed by atoms with Crippen LogP contribution in [0.1, 0.15) is 12.8 Å². The summed E-state index contributed by atoms with van der Waals surface area (Å²) >= 11 is 0. The van der Waals surface area contributed by atoms with Crippen molar-refractivity contribution in [2.24, 2.45) is 5.92 Å². The Hall–Kier alpha value is -3.03. The quantitative estimate of drug-likeness (QED) is 0.601. The Balaban J connectivity index is 1.49. The minimum atomic E-state index is -0.851. The number of carbonyl (C=O) groups excluding carboxylic acids is 3. The van der Waals surface area contributed by atoms with Crippen LogP contribution in [0.5, 0.6) is 11.5 Å². The minimum Gasteiger partial charge on any atom is -0.485 e. The number of benzene rings is 1. The van der Waals surface area contributed by atoms with E-state index in [0.717, 1.165) is 6.42 Å². The van der Waals surface area contributed by atoms with Gasteiger partial charge in [-0.25, -0.2) is 0 Å². The molecule has 1 saturated heterocycles. The molecule has 0 aliphatic carbocycles. The van der Waals surface area contributed by atoms with E-state index in [1.165, 1.54) is 6.08 Å². The SMILES string of the molecule is C=CC(=O)N1CCCC(C(=O)NNC(=O)C2COc3ccccc3O2)C1. The molecule has 0 aromatic heterocycles. The lowest BCUT2D eigenvalue weighted by Crippen LogP contribution is -2.54. The Morgan fingerprint density at radius 3 is 2.65 bits per heavy atom. The molecule has 8 heteroatoms. The van der Waals surface area contributed by atoms with Crippen molar-refractivity contribution < 1.29 is 23.9 Å². The van der Waals surface area contributed by atoms with Gasteiger partial charge in [-0.1, -0.05) is 18.7 Å². The second-order valence-corrected chi connectivity index (χ2v) is 6.17. The molecule has 0 bridgehead atoms. The highest BCUT2D eigenvalue weighted by molar-refractivity contribution is 5.89. The summed E-state index contributed by atoms with van der Waals surface area (Å²) in [5, 5.41) is 0. The number of para-hydroxylation sites is 2. The first-order chi connectivity index (χ1) is 12.6. The third-order valence-corrected chi connectivity index (χ3v) is 4.39. The zero-order chi connectivity index (χ0) is 18.5. The summed E-state index contributed by atoms with van der Waals surface area (Å²) in [6, 6.07) is 7.06. The zero-order valence-corrected chi connectivity index (χ0v) is 14.3. The van der Waals surface area contributed by atoms with Crippen LogP contribution in [-0.4, -0.2) is 48.4 Å². The third kappa shape index (κ3) is 3.96. The van der Waals surface area contributed by atoms with Gasteiger partial charge < -0.3 is 14.4 Å². The van der Waals surface area contributed by atoms with E-state index in [-0.39, 0.29) is 24.3 Å². The number of nitrogens with zero attached hydrogens (tertiary/aromatic N) is 1. The molecule has 1 aromatic rings. The number of hydrogen-bond donors (Lipinski definition) is 2. The fourth-order valence-corrected chi connectivity index (χ4v) is 2.97. The van der Waals surface area contributed by atoms with Gasteiger partial charge in [0.25, 0.3) is 5.91 Å². The molecule has 2 aliphatic heterocycles. The molecular formula is C18H21N3O5. The Labute approximate surface area is 151 Å². The molecule has 0 spiro atoms. The molecule has 8 nitrogen and oxygen atoms in total. The largest absolute Gasteiger partial charge is 0.485 e. The van der Waals surface area contributed by atoms with Gasteiger partial charge in [-0.3, -0.25) is 25.2 Å². The summed E-state index contributed by atoms with van der Waals surface area (Å²) in [5.74, 6) is -0.347. The van der Waals surface area contributed by atoms with E-state index in [1.54, 1.807) is 23.1 Å². The van der Waals surface area contributed by atoms with Crippen LogP contribution in [0, 0.1) is 5.92 Å². The summed E-state index contributed by atoms with van der Waals surface area (Å²) in [5.41, 5.74) is 4.78. The highest BCUT2D eigenvalue weighted by Crippen LogP contribution is 2.30. The van der Waals surface area contributed by atoms with Crippen molar-refractivity contribution >= 4 is 17.7 Å². The van der Waals surface area contributed by atoms with E-state index in [1.807, 2.05) is 6.07 Å². The number of hydrogen-bond acceptors (Lipinski definition) is 5. The number of fused-ring (bicyclic) bond motifs is 1. The number of carbonyl (C=O) groups is 3. The summed E-state index contributed by atoms with van der Waals surface area (Å²) < 4.78 is 11.1. The van der Waals surface area contributed by atoms with E-state index < -0.39 is 12.0 Å². The lowest BCUT2D eigenvalue weighted by Gasteiger charge is -2.31. The van der Waals surface area contributed by atoms with Gasteiger partial charge >= 0.3 is 0 Å². The second kappa shape index (κ2) is 7.90. The van der Waals surface area contributed by atoms with E-state index in [0.29, 0.717) is 31.0 Å². The molecule has 2 N–H and O–H groups in total. The maximum atomic E-state index is 12.3. The first-order valence-electron chi connectivity index (χ1n) is 8.48. The molecule has 3 amide bonds. The maximum Gasteiger partial charge on any atom is 0.283 e. The fourth-order valence-electron chi connectivity index (χ4n) is 2.97. The van der Waals surface area contributed by atoms with Gasteiger partial charge in [-0.15, -0.1) is 0 Å². The van der Waals surface area contributed by atoms with E-state index in [4.69, 9.17) is 9.47 Å². The topological polar surface area (TPSA) is 97.0 Å². The van der Waals surface area contributed by atoms with Crippen LogP contribution >= 0.6 is 0 Å². The average molecular weight is 359 g/mol. The maximum absolute atomic E-state index is 12.3. The molecule has 138 valence electrons. The number of likely N-dealkylation sites (tertiary alicyclic amines) is 1. The molecule has 1 aromatic carbocycles. The van der Waals surface area contributed by atoms with Gasteiger partial charge in [-0.2, -0.15) is 0 Å². The molecule has 1 fully saturated rings. The van der Waals surface area contributed by atoms with Gasteiger partial charge in [0.1, 0.15) is 6.61 Å². The van der Waals surface area contributed by atoms with Crippen molar-refractivity contribution in [3.63, 3.8) is 0 Å². The monoisotopic (exact) mass is 359 g/mol. The number of ether oxygens (including phenoxy) is 2. The Bertz CT molecular complexity index is 721. The molecule has 2 unspecified atom stereocenters. The Morgan fingerprint density at radius 1 is 1.15 bits per heavy atom. The summed E-state index contributed by atoms with van der Waals surface area (Å²) in [6.45, 7) is 4.43. The van der Waals surface area contributed by atoms with Crippen molar-refractivity contribution in [3.8, 4) is 11.5 Å². The predicted octanol–water partition coefficient (Wildman–Crippen LogP) is 0.398. The number of nitrogens with one attached hydrogen (secondary N) is 2. The van der Waals surface area contributed by atoms with Crippen molar-refractivity contribution in [2.45, 2.75) is 18.9 Å². The number of amides is 3. The van der Waals surface area contributed by atoms with E-state index in [2.05, 4.69) is 17.4 Å². The van der Waals surface area contributed by atoms with Crippen LogP contribution in [0.2, 0.25) is 0 Å². The molecule has 26 heavy (non-hydrogen) atoms. The standard InChI is InChI=1S/C18H21N3O5/c1-2-16(22)21-9-5-6-12(10-21)17(23)19-20-18(24)15-11-25-13-7-3-4-8-14(13)26-15/h2-4,7-8,12,15H,1,5-6,9-11H2,(H,19,23)(H,20,24). The second-order valence-electron chi connectivity index (χ2n) is 6.17. The lowest BCUT2D eigenvalue weighted by atomic mass is 9.97. The molecular weight excluding hydrogens is 338 g/mol. The molecule has 2 aliphatic rings. The summed E-state index contributed by atoms with van der Waals surface area (Å²) in [4.78, 5) is 37.7. The van der Waals surface area contributed by atoms with E-state index >= 15 is 0 Å². The molecule has 0 saturated carbocycles. The van der Waals surface area contributed by atoms with Crippen LogP contribution in [0.4, 0.5) is 0 Å². The van der Waals surface area contributed by atoms with Gasteiger partial charge in [0.05, 0.1) is 5.92 Å². The third-order valence-electron chi connectivity index (χ3n) is 4.39. The van der Waals surface area contributed by atoms with Crippen LogP contribution in [0.15, 0.2) is 36.9 Å². The minimum absolute atomic E-state index is 0.0593. The Morgan fingerprint density at radius 2 is 1.88 bits per heavy atom. The highest BCUT2D eigenvalue weighted by atomic mass is 16.6. The first-order valence-corrected chi connectivity index (χ1v) is 8.48. The number of piperidine rings is 1. The van der Waals surface area contributed by atoms with Gasteiger partial charge in [0.15, 0.2) is 11.5 Å². The smallest absolute Gasteiger partial charge is 0.283 e. The normalized spacial score (nSPS) is 21.5. The fraction of sp³-hybridized carbons (Fsp3) is 0.389. The van der Waals surface area contributed by atoms with Crippen LogP contribution in [0.25, 0.3) is 0 Å². The van der Waals surface area contributed by atoms with Gasteiger partial charge in [0, 0.05) is 13.1 Å². The number of hydrazine groups is 1. The summed E-state index contributed by atoms with van der Waals surface area (Å²) in [7, 11) is 0. The van der Waals surface area contributed by atoms with Gasteiger partial charge in [-0.05, 0) is 31.1 Å². The van der Waals surface area contributed by atoms with Crippen molar-refractivity contribution in [3.05, 3.63) is 36.9 Å². The van der Waals surface area contributed by atoms with Crippen LogP contribution < -0.4 is 20.3 Å². The first kappa shape index (κ1) is 17.8. The van der Waals surface area contributed by atoms with Crippen molar-refractivity contribution in [1.29, 1.82) is 0 Å². The van der Waals surface area contributed by atoms with Crippen molar-refractivity contribution in [1.82, 2.24) is 15.8 Å². The van der Waals surface area contributed by atoms with Crippen molar-refractivity contribution in [2.75, 3.05) is 19.7 Å². The predicted molar refractivity (Wildman–Crippen MR) is 92.1 cm³/mol. The molecule has 2 heterocycles. The summed E-state index contributed by atoms with van der Waals surface area (Å²) in [6.07, 6.45) is 1.76. The van der Waals surface area contributed by atoms with Crippen LogP contribution in [-0.2, 0) is 14.4 Å². The highest BCUT2D eigenvalue weighted by Gasteiger charge is 2.30. The zero-order valence-electron chi connectivity index (χ0n) is 14.3. The molecule has 3 rings (SSSR count). The molecule has 0 radical (unpaired) electrons. The van der Waals surface area contributed by atoms with Gasteiger partial charge in [0.2, 0.25) is 17.9 Å². The lowest BCUT2D eigenvalue weighted by molar-refractivity contribution is -0.138. The van der Waals surface area contributed by atoms with E-state index in [9.17, 15) is 14.4 Å².